The fraction of sp³-hybridized carbons (Fsp3) is 0.857. The summed E-state index contributed by atoms with van der Waals surface area (Å²) < 4.78 is 11.2. The van der Waals surface area contributed by atoms with Gasteiger partial charge in [-0.3, -0.25) is 9.36 Å². The predicted molar refractivity (Wildman–Crippen MR) is 57.2 cm³/mol. The van der Waals surface area contributed by atoms with Crippen LogP contribution in [0.4, 0.5) is 0 Å². The molecule has 0 aliphatic heterocycles. The molecule has 0 saturated heterocycles. The largest absolute Gasteiger partial charge is 0.344 e. The summed E-state index contributed by atoms with van der Waals surface area (Å²) in [6.45, 7) is 1.95. The van der Waals surface area contributed by atoms with Crippen molar-refractivity contribution in [2.24, 2.45) is 0 Å². The Bertz CT molecular complexity index is 196. The summed E-state index contributed by atoms with van der Waals surface area (Å²) in [5, 5.41) is -0.541. The fourth-order valence-corrected chi connectivity index (χ4v) is 2.59. The second-order valence-electron chi connectivity index (χ2n) is 2.75. The molecule has 0 aromatic heterocycles. The van der Waals surface area contributed by atoms with Gasteiger partial charge in [0, 0.05) is 18.7 Å². The van der Waals surface area contributed by atoms with Gasteiger partial charge >= 0.3 is 0 Å². The molecule has 3 nitrogen and oxygen atoms in total. The molecule has 0 aliphatic rings. The Labute approximate surface area is 89.7 Å². The van der Waals surface area contributed by atoms with Gasteiger partial charge in [-0.1, -0.05) is 13.3 Å². The van der Waals surface area contributed by atoms with Crippen molar-refractivity contribution in [1.82, 2.24) is 0 Å². The van der Waals surface area contributed by atoms with Gasteiger partial charge in [-0.2, -0.15) is 0 Å². The first-order chi connectivity index (χ1) is 5.48. The standard InChI is InChI=1S/C7H14ClO3P.ClH/c1-2-3-5-12(10,11)6-4-7(8)9;/h2-6H2,1H3,(H,10,11);1H. The molecule has 0 fully saturated rings. The van der Waals surface area contributed by atoms with Gasteiger partial charge in [-0.05, 0) is 18.0 Å². The van der Waals surface area contributed by atoms with E-state index in [1.807, 2.05) is 6.92 Å². The minimum absolute atomic E-state index is 0. The summed E-state index contributed by atoms with van der Waals surface area (Å²) >= 11 is 5.05. The van der Waals surface area contributed by atoms with Crippen molar-refractivity contribution >= 4 is 36.6 Å². The smallest absolute Gasteiger partial charge is 0.222 e. The zero-order valence-corrected chi connectivity index (χ0v) is 10.00. The van der Waals surface area contributed by atoms with Gasteiger partial charge in [0.25, 0.3) is 0 Å². The van der Waals surface area contributed by atoms with E-state index in [9.17, 15) is 14.3 Å². The van der Waals surface area contributed by atoms with Crippen LogP contribution in [-0.4, -0.2) is 22.5 Å². The van der Waals surface area contributed by atoms with E-state index in [1.54, 1.807) is 0 Å². The third-order valence-electron chi connectivity index (χ3n) is 1.52. The number of carbonyl (C=O) groups excluding carboxylic acids is 1. The first-order valence-electron chi connectivity index (χ1n) is 3.97. The molecule has 80 valence electrons. The first kappa shape index (κ1) is 15.9. The lowest BCUT2D eigenvalue weighted by Crippen LogP contribution is -1.98. The first-order valence-corrected chi connectivity index (χ1v) is 6.38. The highest BCUT2D eigenvalue weighted by Crippen LogP contribution is 2.42. The fourth-order valence-electron chi connectivity index (χ4n) is 0.780. The topological polar surface area (TPSA) is 54.4 Å². The molecular formula is C7H15Cl2O3P. The number of hydrogen-bond donors (Lipinski definition) is 1. The molecule has 0 aliphatic carbocycles. The minimum Gasteiger partial charge on any atom is -0.344 e. The average Bonchev–Trinajstić information content (AvgIpc) is 1.98. The third kappa shape index (κ3) is 10.4. The van der Waals surface area contributed by atoms with Crippen molar-refractivity contribution in [3.05, 3.63) is 0 Å². The molecule has 1 unspecified atom stereocenters. The maximum Gasteiger partial charge on any atom is 0.222 e. The Morgan fingerprint density at radius 2 is 2.00 bits per heavy atom. The Hall–Kier alpha value is 0.440. The second kappa shape index (κ2) is 7.81. The van der Waals surface area contributed by atoms with Crippen molar-refractivity contribution in [2.75, 3.05) is 12.3 Å². The van der Waals surface area contributed by atoms with Crippen LogP contribution in [0.15, 0.2) is 0 Å². The van der Waals surface area contributed by atoms with Crippen LogP contribution in [-0.2, 0) is 9.36 Å². The van der Waals surface area contributed by atoms with Gasteiger partial charge in [-0.25, -0.2) is 0 Å². The van der Waals surface area contributed by atoms with Gasteiger partial charge in [0.15, 0.2) is 0 Å². The van der Waals surface area contributed by atoms with Gasteiger partial charge in [0.1, 0.15) is 0 Å². The lowest BCUT2D eigenvalue weighted by molar-refractivity contribution is -0.111. The number of rotatable bonds is 6. The molecular weight excluding hydrogens is 234 g/mol. The lowest BCUT2D eigenvalue weighted by atomic mass is 10.4. The Morgan fingerprint density at radius 3 is 2.38 bits per heavy atom. The normalized spacial score (nSPS) is 14.4. The molecule has 0 bridgehead atoms. The van der Waals surface area contributed by atoms with Gasteiger partial charge in [0.2, 0.25) is 12.6 Å². The maximum absolute atomic E-state index is 11.2. The van der Waals surface area contributed by atoms with E-state index in [0.29, 0.717) is 6.16 Å². The Morgan fingerprint density at radius 1 is 1.46 bits per heavy atom. The molecule has 0 radical (unpaired) electrons. The van der Waals surface area contributed by atoms with Crippen LogP contribution in [0.1, 0.15) is 26.2 Å². The summed E-state index contributed by atoms with van der Waals surface area (Å²) in [5.74, 6) is 0. The zero-order chi connectivity index (χ0) is 9.61. The maximum atomic E-state index is 11.2. The van der Waals surface area contributed by atoms with Crippen LogP contribution < -0.4 is 0 Å². The SMILES string of the molecule is CCCCP(=O)(O)CCC(=O)Cl.Cl. The highest BCUT2D eigenvalue weighted by molar-refractivity contribution is 7.58. The zero-order valence-electron chi connectivity index (χ0n) is 7.53. The lowest BCUT2D eigenvalue weighted by Gasteiger charge is -2.08. The van der Waals surface area contributed by atoms with Gasteiger partial charge in [-0.15, -0.1) is 12.4 Å². The Balaban J connectivity index is 0. The molecule has 6 heteroatoms. The van der Waals surface area contributed by atoms with E-state index >= 15 is 0 Å². The van der Waals surface area contributed by atoms with Crippen molar-refractivity contribution < 1.29 is 14.3 Å². The number of unbranched alkanes of at least 4 members (excludes halogenated alkanes) is 1. The quantitative estimate of drug-likeness (QED) is 0.581. The number of halogens is 2. The van der Waals surface area contributed by atoms with Crippen LogP contribution in [0, 0.1) is 0 Å². The van der Waals surface area contributed by atoms with Crippen LogP contribution in [0.25, 0.3) is 0 Å². The van der Waals surface area contributed by atoms with Crippen molar-refractivity contribution in [3.63, 3.8) is 0 Å². The van der Waals surface area contributed by atoms with E-state index < -0.39 is 12.6 Å². The van der Waals surface area contributed by atoms with Crippen LogP contribution in [0.2, 0.25) is 0 Å². The van der Waals surface area contributed by atoms with E-state index in [-0.39, 0.29) is 25.0 Å². The van der Waals surface area contributed by atoms with Crippen LogP contribution >= 0.6 is 31.4 Å². The van der Waals surface area contributed by atoms with E-state index in [4.69, 9.17) is 11.6 Å². The molecule has 0 aromatic rings. The van der Waals surface area contributed by atoms with E-state index in [0.717, 1.165) is 12.8 Å². The summed E-state index contributed by atoms with van der Waals surface area (Å²) in [7, 11) is -3.07. The Kier molecular flexibility index (Phi) is 9.55. The van der Waals surface area contributed by atoms with Crippen molar-refractivity contribution in [1.29, 1.82) is 0 Å². The summed E-state index contributed by atoms with van der Waals surface area (Å²) in [6, 6.07) is 0. The molecule has 1 N–H and O–H groups in total. The second-order valence-corrected chi connectivity index (χ2v) is 5.76. The summed E-state index contributed by atoms with van der Waals surface area (Å²) in [4.78, 5) is 19.5. The molecule has 0 rings (SSSR count). The van der Waals surface area contributed by atoms with E-state index in [2.05, 4.69) is 0 Å². The monoisotopic (exact) mass is 248 g/mol. The average molecular weight is 249 g/mol. The summed E-state index contributed by atoms with van der Waals surface area (Å²) in [5.41, 5.74) is 0. The molecule has 0 heterocycles. The molecule has 1 atom stereocenters. The van der Waals surface area contributed by atoms with Crippen LogP contribution in [0.3, 0.4) is 0 Å². The molecule has 0 spiro atoms. The highest BCUT2D eigenvalue weighted by Gasteiger charge is 2.17. The number of hydrogen-bond acceptors (Lipinski definition) is 2. The van der Waals surface area contributed by atoms with E-state index in [1.165, 1.54) is 0 Å². The highest BCUT2D eigenvalue weighted by atomic mass is 35.5. The number of carbonyl (C=O) groups is 1. The van der Waals surface area contributed by atoms with Crippen LogP contribution in [0.5, 0.6) is 0 Å². The van der Waals surface area contributed by atoms with Crippen molar-refractivity contribution in [3.8, 4) is 0 Å². The molecule has 13 heavy (non-hydrogen) atoms. The molecule has 0 amide bonds. The predicted octanol–water partition coefficient (Wildman–Crippen LogP) is 2.63. The van der Waals surface area contributed by atoms with Crippen molar-refractivity contribution in [2.45, 2.75) is 26.2 Å². The summed E-state index contributed by atoms with van der Waals surface area (Å²) in [6.07, 6.45) is 1.94. The molecule has 0 aromatic carbocycles. The molecule has 0 saturated carbocycles. The third-order valence-corrected chi connectivity index (χ3v) is 3.65. The van der Waals surface area contributed by atoms with Gasteiger partial charge < -0.3 is 4.89 Å². The minimum atomic E-state index is -3.07. The van der Waals surface area contributed by atoms with Gasteiger partial charge in [0.05, 0.1) is 0 Å².